The van der Waals surface area contributed by atoms with E-state index >= 15 is 0 Å². The van der Waals surface area contributed by atoms with E-state index in [9.17, 15) is 4.79 Å². The number of nitrogens with one attached hydrogen (secondary N) is 1. The summed E-state index contributed by atoms with van der Waals surface area (Å²) in [5.41, 5.74) is 15.5. The lowest BCUT2D eigenvalue weighted by atomic mass is 10.0. The van der Waals surface area contributed by atoms with E-state index in [1.54, 1.807) is 12.3 Å². The molecule has 122 valence electrons. The molecule has 24 heavy (non-hydrogen) atoms. The third-order valence-corrected chi connectivity index (χ3v) is 4.11. The van der Waals surface area contributed by atoms with Crippen molar-refractivity contribution in [2.75, 3.05) is 11.9 Å². The number of hydrogen-bond donors (Lipinski definition) is 3. The molecule has 5 nitrogen and oxygen atoms in total. The summed E-state index contributed by atoms with van der Waals surface area (Å²) < 4.78 is 0. The Morgan fingerprint density at radius 2 is 1.92 bits per heavy atom. The topological polar surface area (TPSA) is 94.0 Å². The lowest BCUT2D eigenvalue weighted by Crippen LogP contribution is -2.21. The van der Waals surface area contributed by atoms with E-state index in [1.165, 1.54) is 0 Å². The molecule has 5 heteroatoms. The first-order valence-electron chi connectivity index (χ1n) is 7.81. The summed E-state index contributed by atoms with van der Waals surface area (Å²) in [5.74, 6) is -0.485. The van der Waals surface area contributed by atoms with E-state index in [-0.39, 0.29) is 6.04 Å². The molecule has 1 aromatic heterocycles. The van der Waals surface area contributed by atoms with Crippen LogP contribution in [0.1, 0.15) is 27.5 Å². The highest BCUT2D eigenvalue weighted by Gasteiger charge is 2.15. The molecule has 0 saturated carbocycles. The number of para-hydroxylation sites is 1. The Bertz CT molecular complexity index is 877. The number of primary amides is 1. The van der Waals surface area contributed by atoms with Gasteiger partial charge in [0.1, 0.15) is 0 Å². The second-order valence-electron chi connectivity index (χ2n) is 5.73. The van der Waals surface area contributed by atoms with Gasteiger partial charge in [-0.3, -0.25) is 9.78 Å². The number of rotatable bonds is 5. The number of fused-ring (bicyclic) bond motifs is 1. The fourth-order valence-corrected chi connectivity index (χ4v) is 2.85. The number of carbonyl (C=O) groups is 1. The van der Waals surface area contributed by atoms with Crippen LogP contribution in [0, 0.1) is 6.92 Å². The van der Waals surface area contributed by atoms with Crippen molar-refractivity contribution in [3.05, 3.63) is 71.4 Å². The first-order valence-corrected chi connectivity index (χ1v) is 7.81. The van der Waals surface area contributed by atoms with Gasteiger partial charge in [-0.05, 0) is 24.1 Å². The molecule has 3 aromatic rings. The fraction of sp³-hybridized carbons (Fsp3) is 0.158. The first-order chi connectivity index (χ1) is 11.6. The molecule has 0 radical (unpaired) electrons. The van der Waals surface area contributed by atoms with Gasteiger partial charge in [0.2, 0.25) is 0 Å². The average Bonchev–Trinajstić information content (AvgIpc) is 2.61. The third kappa shape index (κ3) is 2.94. The Hall–Kier alpha value is -2.92. The molecular formula is C19H20N4O. The van der Waals surface area contributed by atoms with Crippen molar-refractivity contribution in [3.8, 4) is 0 Å². The van der Waals surface area contributed by atoms with Crippen molar-refractivity contribution in [2.24, 2.45) is 11.5 Å². The summed E-state index contributed by atoms with van der Waals surface area (Å²) in [4.78, 5) is 16.0. The Balaban J connectivity index is 2.10. The third-order valence-electron chi connectivity index (χ3n) is 4.11. The number of aryl methyl sites for hydroxylation is 1. The van der Waals surface area contributed by atoms with Gasteiger partial charge in [0.15, 0.2) is 0 Å². The van der Waals surface area contributed by atoms with Crippen LogP contribution in [0.2, 0.25) is 0 Å². The zero-order valence-electron chi connectivity index (χ0n) is 13.5. The zero-order chi connectivity index (χ0) is 17.1. The maximum Gasteiger partial charge on any atom is 0.250 e. The van der Waals surface area contributed by atoms with Crippen LogP contribution >= 0.6 is 0 Å². The zero-order valence-corrected chi connectivity index (χ0v) is 13.5. The predicted octanol–water partition coefficient (Wildman–Crippen LogP) is 2.75. The standard InChI is InChI=1S/C19H20N4O/c1-12-11-22-18-14(8-5-9-15(18)19(21)24)17(12)23-16(10-20)13-6-3-2-4-7-13/h2-9,11,16H,10,20H2,1H3,(H2,21,24)(H,22,23)/t16-/m1/s1. The van der Waals surface area contributed by atoms with Gasteiger partial charge in [0.05, 0.1) is 17.1 Å². The summed E-state index contributed by atoms with van der Waals surface area (Å²) in [5, 5.41) is 4.37. The summed E-state index contributed by atoms with van der Waals surface area (Å²) in [6.07, 6.45) is 1.75. The molecule has 0 spiro atoms. The minimum Gasteiger partial charge on any atom is -0.376 e. The van der Waals surface area contributed by atoms with Gasteiger partial charge in [-0.15, -0.1) is 0 Å². The van der Waals surface area contributed by atoms with Gasteiger partial charge in [0.25, 0.3) is 5.91 Å². The quantitative estimate of drug-likeness (QED) is 0.674. The number of nitrogens with zero attached hydrogens (tertiary/aromatic N) is 1. The van der Waals surface area contributed by atoms with Crippen LogP contribution in [0.15, 0.2) is 54.7 Å². The normalized spacial score (nSPS) is 12.1. The van der Waals surface area contributed by atoms with Gasteiger partial charge < -0.3 is 16.8 Å². The van der Waals surface area contributed by atoms with Crippen LogP contribution in [0.25, 0.3) is 10.9 Å². The number of hydrogen-bond acceptors (Lipinski definition) is 4. The van der Waals surface area contributed by atoms with Gasteiger partial charge >= 0.3 is 0 Å². The number of carbonyl (C=O) groups excluding carboxylic acids is 1. The van der Waals surface area contributed by atoms with Crippen molar-refractivity contribution in [3.63, 3.8) is 0 Å². The van der Waals surface area contributed by atoms with Crippen molar-refractivity contribution >= 4 is 22.5 Å². The number of anilines is 1. The van der Waals surface area contributed by atoms with Crippen LogP contribution in [-0.2, 0) is 0 Å². The van der Waals surface area contributed by atoms with Crippen molar-refractivity contribution in [1.29, 1.82) is 0 Å². The molecule has 0 bridgehead atoms. The number of aromatic nitrogens is 1. The van der Waals surface area contributed by atoms with Crippen molar-refractivity contribution in [1.82, 2.24) is 4.98 Å². The predicted molar refractivity (Wildman–Crippen MR) is 96.9 cm³/mol. The van der Waals surface area contributed by atoms with Crippen LogP contribution in [0.4, 0.5) is 5.69 Å². The number of nitrogens with two attached hydrogens (primary N) is 2. The second-order valence-corrected chi connectivity index (χ2v) is 5.73. The summed E-state index contributed by atoms with van der Waals surface area (Å²) in [6, 6.07) is 15.4. The SMILES string of the molecule is Cc1cnc2c(C(N)=O)cccc2c1N[C@H](CN)c1ccccc1. The maximum atomic E-state index is 11.7. The minimum absolute atomic E-state index is 0.0345. The molecule has 0 unspecified atom stereocenters. The van der Waals surface area contributed by atoms with Crippen LogP contribution in [0.5, 0.6) is 0 Å². The van der Waals surface area contributed by atoms with Gasteiger partial charge in [0, 0.05) is 23.8 Å². The van der Waals surface area contributed by atoms with E-state index in [0.29, 0.717) is 17.6 Å². The van der Waals surface area contributed by atoms with Gasteiger partial charge in [-0.25, -0.2) is 0 Å². The molecule has 0 fully saturated rings. The van der Waals surface area contributed by atoms with Gasteiger partial charge in [-0.1, -0.05) is 42.5 Å². The van der Waals surface area contributed by atoms with Crippen LogP contribution in [-0.4, -0.2) is 17.4 Å². The molecule has 5 N–H and O–H groups in total. The lowest BCUT2D eigenvalue weighted by Gasteiger charge is -2.21. The van der Waals surface area contributed by atoms with Crippen LogP contribution in [0.3, 0.4) is 0 Å². The molecule has 1 heterocycles. The molecule has 0 saturated heterocycles. The Kier molecular flexibility index (Phi) is 4.44. The van der Waals surface area contributed by atoms with E-state index in [1.807, 2.05) is 49.4 Å². The molecule has 3 rings (SSSR count). The molecule has 0 aliphatic heterocycles. The number of pyridine rings is 1. The Morgan fingerprint density at radius 1 is 1.17 bits per heavy atom. The largest absolute Gasteiger partial charge is 0.376 e. The van der Waals surface area contributed by atoms with E-state index in [4.69, 9.17) is 11.5 Å². The number of benzene rings is 2. The fourth-order valence-electron chi connectivity index (χ4n) is 2.85. The molecule has 0 aliphatic rings. The highest BCUT2D eigenvalue weighted by atomic mass is 16.1. The smallest absolute Gasteiger partial charge is 0.250 e. The summed E-state index contributed by atoms with van der Waals surface area (Å²) in [7, 11) is 0. The van der Waals surface area contributed by atoms with E-state index in [0.717, 1.165) is 22.2 Å². The Labute approximate surface area is 140 Å². The van der Waals surface area contributed by atoms with Gasteiger partial charge in [-0.2, -0.15) is 0 Å². The first kappa shape index (κ1) is 16.0. The maximum absolute atomic E-state index is 11.7. The van der Waals surface area contributed by atoms with E-state index in [2.05, 4.69) is 10.3 Å². The van der Waals surface area contributed by atoms with Crippen molar-refractivity contribution in [2.45, 2.75) is 13.0 Å². The highest BCUT2D eigenvalue weighted by Crippen LogP contribution is 2.30. The summed E-state index contributed by atoms with van der Waals surface area (Å²) in [6.45, 7) is 2.42. The second kappa shape index (κ2) is 6.68. The lowest BCUT2D eigenvalue weighted by molar-refractivity contribution is 0.100. The molecule has 0 aliphatic carbocycles. The van der Waals surface area contributed by atoms with Crippen molar-refractivity contribution < 1.29 is 4.79 Å². The molecular weight excluding hydrogens is 300 g/mol. The Morgan fingerprint density at radius 3 is 2.58 bits per heavy atom. The molecule has 1 atom stereocenters. The number of amides is 1. The minimum atomic E-state index is -0.485. The average molecular weight is 320 g/mol. The molecule has 1 amide bonds. The highest BCUT2D eigenvalue weighted by molar-refractivity contribution is 6.07. The molecule has 2 aromatic carbocycles. The monoisotopic (exact) mass is 320 g/mol. The van der Waals surface area contributed by atoms with E-state index < -0.39 is 5.91 Å². The van der Waals surface area contributed by atoms with Crippen LogP contribution < -0.4 is 16.8 Å². The summed E-state index contributed by atoms with van der Waals surface area (Å²) >= 11 is 0.